The molecule has 0 radical (unpaired) electrons. The number of thioether (sulfide) groups is 1. The summed E-state index contributed by atoms with van der Waals surface area (Å²) in [5.41, 5.74) is 1.36. The first-order chi connectivity index (χ1) is 8.06. The van der Waals surface area contributed by atoms with Gasteiger partial charge in [-0.3, -0.25) is 4.79 Å². The Morgan fingerprint density at radius 3 is 2.53 bits per heavy atom. The molecule has 0 aliphatic carbocycles. The van der Waals surface area contributed by atoms with E-state index in [1.54, 1.807) is 30.8 Å². The minimum absolute atomic E-state index is 0.0815. The molecule has 0 fully saturated rings. The van der Waals surface area contributed by atoms with Crippen LogP contribution in [0.25, 0.3) is 0 Å². The first-order valence-electron chi connectivity index (χ1n) is 5.41. The van der Waals surface area contributed by atoms with Gasteiger partial charge in [0.2, 0.25) is 0 Å². The fourth-order valence-corrected chi connectivity index (χ4v) is 2.01. The first kappa shape index (κ1) is 13.8. The van der Waals surface area contributed by atoms with Crippen LogP contribution < -0.4 is 0 Å². The van der Waals surface area contributed by atoms with Gasteiger partial charge in [0.25, 0.3) is 0 Å². The minimum Gasteiger partial charge on any atom is -0.462 e. The van der Waals surface area contributed by atoms with Crippen LogP contribution in [0.3, 0.4) is 0 Å². The quantitative estimate of drug-likeness (QED) is 0.597. The molecular formula is C13H16O3S. The normalized spacial score (nSPS) is 10.1. The van der Waals surface area contributed by atoms with Gasteiger partial charge in [0.15, 0.2) is 0 Å². The Labute approximate surface area is 106 Å². The lowest BCUT2D eigenvalue weighted by molar-refractivity contribution is -0.116. The number of ether oxygens (including phenoxy) is 1. The Bertz CT molecular complexity index is 427. The molecular weight excluding hydrogens is 236 g/mol. The first-order valence-corrected chi connectivity index (χ1v) is 6.63. The molecule has 1 rings (SSSR count). The number of carbonyl (C=O) groups excluding carboxylic acids is 2. The molecule has 3 nitrogen and oxygen atoms in total. The number of rotatable bonds is 5. The number of Topliss-reactive ketones (excluding diaryl/α,β-unsaturated/α-hetero) is 1. The van der Waals surface area contributed by atoms with Gasteiger partial charge in [0, 0.05) is 11.3 Å². The highest BCUT2D eigenvalue weighted by Gasteiger charge is 2.10. The highest BCUT2D eigenvalue weighted by Crippen LogP contribution is 2.20. The summed E-state index contributed by atoms with van der Waals surface area (Å²) in [6.07, 6.45) is 2.28. The van der Waals surface area contributed by atoms with Crippen LogP contribution in [-0.4, -0.2) is 24.6 Å². The van der Waals surface area contributed by atoms with Crippen molar-refractivity contribution in [2.24, 2.45) is 0 Å². The molecule has 92 valence electrons. The Kier molecular flexibility index (Phi) is 5.22. The molecule has 0 saturated carbocycles. The molecule has 0 heterocycles. The van der Waals surface area contributed by atoms with Crippen molar-refractivity contribution in [1.82, 2.24) is 0 Å². The van der Waals surface area contributed by atoms with Gasteiger partial charge in [-0.15, -0.1) is 11.8 Å². The molecule has 0 bridgehead atoms. The fraction of sp³-hybridized carbons (Fsp3) is 0.385. The van der Waals surface area contributed by atoms with Crippen molar-refractivity contribution in [3.63, 3.8) is 0 Å². The van der Waals surface area contributed by atoms with Gasteiger partial charge in [-0.05, 0) is 43.9 Å². The lowest BCUT2D eigenvalue weighted by atomic mass is 10.1. The standard InChI is InChI=1S/C13H16O3S/c1-4-16-13(15)11-6-10(5-9(2)14)7-12(8-11)17-3/h6-8H,4-5H2,1-3H3. The summed E-state index contributed by atoms with van der Waals surface area (Å²) >= 11 is 1.54. The molecule has 0 aliphatic rings. The van der Waals surface area contributed by atoms with Gasteiger partial charge in [-0.1, -0.05) is 0 Å². The Hall–Kier alpha value is -1.29. The summed E-state index contributed by atoms with van der Waals surface area (Å²) in [5.74, 6) is -0.258. The highest BCUT2D eigenvalue weighted by molar-refractivity contribution is 7.98. The maximum atomic E-state index is 11.6. The van der Waals surface area contributed by atoms with Crippen LogP contribution in [0.4, 0.5) is 0 Å². The van der Waals surface area contributed by atoms with E-state index in [0.717, 1.165) is 10.5 Å². The SMILES string of the molecule is CCOC(=O)c1cc(CC(C)=O)cc(SC)c1. The van der Waals surface area contributed by atoms with E-state index >= 15 is 0 Å². The van der Waals surface area contributed by atoms with Crippen LogP contribution in [0.2, 0.25) is 0 Å². The van der Waals surface area contributed by atoms with Crippen LogP contribution in [0, 0.1) is 0 Å². The Morgan fingerprint density at radius 2 is 2.00 bits per heavy atom. The van der Waals surface area contributed by atoms with Gasteiger partial charge in [-0.2, -0.15) is 0 Å². The lowest BCUT2D eigenvalue weighted by Crippen LogP contribution is -2.06. The third-order valence-corrected chi connectivity index (χ3v) is 2.87. The second-order valence-electron chi connectivity index (χ2n) is 3.67. The molecule has 0 atom stereocenters. The summed E-state index contributed by atoms with van der Waals surface area (Å²) in [6, 6.07) is 5.43. The van der Waals surface area contributed by atoms with Crippen LogP contribution in [0.15, 0.2) is 23.1 Å². The Morgan fingerprint density at radius 1 is 1.29 bits per heavy atom. The molecule has 0 unspecified atom stereocenters. The van der Waals surface area contributed by atoms with Crippen molar-refractivity contribution < 1.29 is 14.3 Å². The second-order valence-corrected chi connectivity index (χ2v) is 4.55. The van der Waals surface area contributed by atoms with Crippen LogP contribution >= 0.6 is 11.8 Å². The molecule has 17 heavy (non-hydrogen) atoms. The van der Waals surface area contributed by atoms with E-state index in [0.29, 0.717) is 18.6 Å². The summed E-state index contributed by atoms with van der Waals surface area (Å²) in [4.78, 5) is 23.7. The van der Waals surface area contributed by atoms with Crippen molar-refractivity contribution in [3.8, 4) is 0 Å². The third kappa shape index (κ3) is 4.23. The topological polar surface area (TPSA) is 43.4 Å². The van der Waals surface area contributed by atoms with E-state index in [-0.39, 0.29) is 11.8 Å². The number of benzene rings is 1. The number of hydrogen-bond donors (Lipinski definition) is 0. The van der Waals surface area contributed by atoms with Crippen molar-refractivity contribution in [2.75, 3.05) is 12.9 Å². The fourth-order valence-electron chi connectivity index (χ4n) is 1.50. The minimum atomic E-state index is -0.340. The number of hydrogen-bond acceptors (Lipinski definition) is 4. The summed E-state index contributed by atoms with van der Waals surface area (Å²) in [7, 11) is 0. The molecule has 1 aromatic carbocycles. The second kappa shape index (κ2) is 6.45. The van der Waals surface area contributed by atoms with Gasteiger partial charge in [-0.25, -0.2) is 4.79 Å². The van der Waals surface area contributed by atoms with Crippen molar-refractivity contribution in [3.05, 3.63) is 29.3 Å². The molecule has 0 N–H and O–H groups in total. The van der Waals surface area contributed by atoms with E-state index in [4.69, 9.17) is 4.74 Å². The van der Waals surface area contributed by atoms with E-state index in [2.05, 4.69) is 0 Å². The van der Waals surface area contributed by atoms with Crippen LogP contribution in [0.5, 0.6) is 0 Å². The van der Waals surface area contributed by atoms with Crippen molar-refractivity contribution in [2.45, 2.75) is 25.2 Å². The van der Waals surface area contributed by atoms with E-state index in [1.807, 2.05) is 12.3 Å². The van der Waals surface area contributed by atoms with Gasteiger partial charge < -0.3 is 4.74 Å². The number of carbonyl (C=O) groups is 2. The smallest absolute Gasteiger partial charge is 0.338 e. The summed E-state index contributed by atoms with van der Waals surface area (Å²) in [5, 5.41) is 0. The Balaban J connectivity index is 3.04. The predicted molar refractivity (Wildman–Crippen MR) is 68.6 cm³/mol. The van der Waals surface area contributed by atoms with Gasteiger partial charge in [0.1, 0.15) is 5.78 Å². The monoisotopic (exact) mass is 252 g/mol. The van der Waals surface area contributed by atoms with Crippen molar-refractivity contribution >= 4 is 23.5 Å². The largest absolute Gasteiger partial charge is 0.462 e. The molecule has 0 spiro atoms. The molecule has 0 aromatic heterocycles. The zero-order valence-electron chi connectivity index (χ0n) is 10.3. The zero-order chi connectivity index (χ0) is 12.8. The average molecular weight is 252 g/mol. The maximum absolute atomic E-state index is 11.6. The molecule has 1 aromatic rings. The van der Waals surface area contributed by atoms with Gasteiger partial charge in [0.05, 0.1) is 12.2 Å². The van der Waals surface area contributed by atoms with E-state index in [9.17, 15) is 9.59 Å². The van der Waals surface area contributed by atoms with E-state index < -0.39 is 0 Å². The zero-order valence-corrected chi connectivity index (χ0v) is 11.1. The molecule has 0 saturated heterocycles. The summed E-state index contributed by atoms with van der Waals surface area (Å²) in [6.45, 7) is 3.66. The molecule has 0 amide bonds. The number of ketones is 1. The van der Waals surface area contributed by atoms with Crippen LogP contribution in [0.1, 0.15) is 29.8 Å². The third-order valence-electron chi connectivity index (χ3n) is 2.17. The highest BCUT2D eigenvalue weighted by atomic mass is 32.2. The molecule has 0 aliphatic heterocycles. The van der Waals surface area contributed by atoms with Crippen molar-refractivity contribution in [1.29, 1.82) is 0 Å². The molecule has 4 heteroatoms. The number of esters is 1. The lowest BCUT2D eigenvalue weighted by Gasteiger charge is -2.07. The maximum Gasteiger partial charge on any atom is 0.338 e. The average Bonchev–Trinajstić information content (AvgIpc) is 2.28. The predicted octanol–water partition coefficient (Wildman–Crippen LogP) is 2.72. The van der Waals surface area contributed by atoms with E-state index in [1.165, 1.54) is 6.92 Å². The van der Waals surface area contributed by atoms with Crippen LogP contribution in [-0.2, 0) is 16.0 Å². The summed E-state index contributed by atoms with van der Waals surface area (Å²) < 4.78 is 4.95. The van der Waals surface area contributed by atoms with Gasteiger partial charge >= 0.3 is 5.97 Å².